The highest BCUT2D eigenvalue weighted by Crippen LogP contribution is 2.35. The molecule has 0 spiro atoms. The smallest absolute Gasteiger partial charge is 0.143 e. The number of benzene rings is 2. The first-order chi connectivity index (χ1) is 11.6. The molecule has 0 saturated heterocycles. The normalized spacial score (nSPS) is 15.3. The van der Waals surface area contributed by atoms with Crippen LogP contribution in [0, 0.1) is 17.1 Å². The number of hydrogen-bond acceptors (Lipinski definition) is 4. The minimum atomic E-state index is -0.529. The summed E-state index contributed by atoms with van der Waals surface area (Å²) in [6.45, 7) is 4.94. The molecule has 1 aliphatic heterocycles. The van der Waals surface area contributed by atoms with Crippen molar-refractivity contribution in [1.29, 1.82) is 5.26 Å². The summed E-state index contributed by atoms with van der Waals surface area (Å²) in [6, 6.07) is 10.4. The van der Waals surface area contributed by atoms with Gasteiger partial charge in [-0.25, -0.2) is 4.39 Å². The van der Waals surface area contributed by atoms with Crippen LogP contribution in [0.1, 0.15) is 30.5 Å². The molecular weight excluding hydrogens is 307 g/mol. The van der Waals surface area contributed by atoms with Crippen LogP contribution < -0.4 is 14.8 Å². The van der Waals surface area contributed by atoms with Crippen molar-refractivity contribution in [2.45, 2.75) is 32.9 Å². The van der Waals surface area contributed by atoms with Gasteiger partial charge in [-0.15, -0.1) is 0 Å². The fraction of sp³-hybridized carbons (Fsp3) is 0.316. The molecule has 0 unspecified atom stereocenters. The first-order valence-corrected chi connectivity index (χ1v) is 8.00. The predicted molar refractivity (Wildman–Crippen MR) is 89.8 cm³/mol. The zero-order valence-corrected chi connectivity index (χ0v) is 13.7. The van der Waals surface area contributed by atoms with Crippen molar-refractivity contribution in [2.24, 2.45) is 0 Å². The van der Waals surface area contributed by atoms with Gasteiger partial charge in [0.05, 0.1) is 12.3 Å². The molecule has 0 fully saturated rings. The molecule has 0 radical (unpaired) electrons. The van der Waals surface area contributed by atoms with Crippen molar-refractivity contribution in [3.05, 3.63) is 52.8 Å². The van der Waals surface area contributed by atoms with Gasteiger partial charge in [0.25, 0.3) is 0 Å². The highest BCUT2D eigenvalue weighted by atomic mass is 19.1. The first kappa shape index (κ1) is 16.1. The minimum absolute atomic E-state index is 0.0153. The average molecular weight is 326 g/mol. The maximum Gasteiger partial charge on any atom is 0.143 e. The molecule has 1 atom stereocenters. The first-order valence-electron chi connectivity index (χ1n) is 8.00. The van der Waals surface area contributed by atoms with E-state index in [1.54, 1.807) is 12.1 Å². The fourth-order valence-electron chi connectivity index (χ4n) is 2.89. The summed E-state index contributed by atoms with van der Waals surface area (Å²) >= 11 is 0. The molecule has 2 aromatic rings. The van der Waals surface area contributed by atoms with Crippen LogP contribution >= 0.6 is 0 Å². The lowest BCUT2D eigenvalue weighted by Crippen LogP contribution is -2.06. The Balaban J connectivity index is 1.86. The van der Waals surface area contributed by atoms with Crippen LogP contribution in [0.15, 0.2) is 30.3 Å². The lowest BCUT2D eigenvalue weighted by atomic mass is 10.1. The van der Waals surface area contributed by atoms with Crippen LogP contribution in [-0.4, -0.2) is 12.7 Å². The quantitative estimate of drug-likeness (QED) is 0.901. The number of nitrogens with one attached hydrogen (secondary N) is 1. The van der Waals surface area contributed by atoms with Gasteiger partial charge in [0.15, 0.2) is 0 Å². The van der Waals surface area contributed by atoms with E-state index in [2.05, 4.69) is 5.32 Å². The molecule has 1 N–H and O–H groups in total. The Labute approximate surface area is 140 Å². The second kappa shape index (κ2) is 6.79. The summed E-state index contributed by atoms with van der Waals surface area (Å²) in [5.41, 5.74) is 2.53. The zero-order chi connectivity index (χ0) is 17.1. The minimum Gasteiger partial charge on any atom is -0.494 e. The van der Waals surface area contributed by atoms with E-state index in [0.29, 0.717) is 18.8 Å². The number of halogens is 1. The Bertz CT molecular complexity index is 799. The Kier molecular flexibility index (Phi) is 4.57. The van der Waals surface area contributed by atoms with Crippen LogP contribution in [-0.2, 0) is 13.0 Å². The molecule has 124 valence electrons. The summed E-state index contributed by atoms with van der Waals surface area (Å²) in [6.07, 6.45) is 1.03. The lowest BCUT2D eigenvalue weighted by molar-refractivity contribution is 0.254. The molecule has 2 aromatic carbocycles. The molecule has 5 heteroatoms. The van der Waals surface area contributed by atoms with E-state index in [4.69, 9.17) is 14.7 Å². The summed E-state index contributed by atoms with van der Waals surface area (Å²) in [4.78, 5) is 0. The van der Waals surface area contributed by atoms with Crippen LogP contribution in [0.3, 0.4) is 0 Å². The highest BCUT2D eigenvalue weighted by Gasteiger charge is 2.22. The van der Waals surface area contributed by atoms with Gasteiger partial charge in [0, 0.05) is 24.1 Å². The van der Waals surface area contributed by atoms with Crippen LogP contribution in [0.2, 0.25) is 0 Å². The van der Waals surface area contributed by atoms with Gasteiger partial charge < -0.3 is 14.8 Å². The van der Waals surface area contributed by atoms with Gasteiger partial charge >= 0.3 is 0 Å². The number of rotatable bonds is 5. The van der Waals surface area contributed by atoms with Crippen molar-refractivity contribution in [1.82, 2.24) is 0 Å². The van der Waals surface area contributed by atoms with Crippen LogP contribution in [0.25, 0.3) is 0 Å². The van der Waals surface area contributed by atoms with Crippen LogP contribution in [0.5, 0.6) is 11.5 Å². The molecule has 24 heavy (non-hydrogen) atoms. The van der Waals surface area contributed by atoms with Crippen molar-refractivity contribution in [2.75, 3.05) is 11.9 Å². The highest BCUT2D eigenvalue weighted by molar-refractivity contribution is 5.59. The maximum atomic E-state index is 13.7. The Morgan fingerprint density at radius 2 is 2.25 bits per heavy atom. The molecule has 0 bridgehead atoms. The predicted octanol–water partition coefficient (Wildman–Crippen LogP) is 4.03. The SMILES string of the molecule is CCOc1cc2c(cc1CNc1cccc(F)c1C#N)O[C@H](C)C2. The average Bonchev–Trinajstić information content (AvgIpc) is 2.92. The molecule has 0 aromatic heterocycles. The Morgan fingerprint density at radius 3 is 3.00 bits per heavy atom. The monoisotopic (exact) mass is 326 g/mol. The molecule has 4 nitrogen and oxygen atoms in total. The zero-order valence-electron chi connectivity index (χ0n) is 13.7. The van der Waals surface area contributed by atoms with E-state index in [1.807, 2.05) is 32.0 Å². The number of ether oxygens (including phenoxy) is 2. The van der Waals surface area contributed by atoms with Crippen molar-refractivity contribution in [3.8, 4) is 17.6 Å². The van der Waals surface area contributed by atoms with Gasteiger partial charge in [-0.1, -0.05) is 6.07 Å². The summed E-state index contributed by atoms with van der Waals surface area (Å²) in [5.74, 6) is 1.12. The molecule has 0 aliphatic carbocycles. The van der Waals surface area contributed by atoms with E-state index in [-0.39, 0.29) is 11.7 Å². The van der Waals surface area contributed by atoms with Gasteiger partial charge in [0.1, 0.15) is 35.1 Å². The van der Waals surface area contributed by atoms with E-state index in [1.165, 1.54) is 6.07 Å². The summed E-state index contributed by atoms with van der Waals surface area (Å²) in [5, 5.41) is 12.2. The number of nitriles is 1. The maximum absolute atomic E-state index is 13.7. The lowest BCUT2D eigenvalue weighted by Gasteiger charge is -2.14. The molecule has 1 heterocycles. The fourth-order valence-corrected chi connectivity index (χ4v) is 2.89. The summed E-state index contributed by atoms with van der Waals surface area (Å²) in [7, 11) is 0. The number of anilines is 1. The number of nitrogens with zero attached hydrogens (tertiary/aromatic N) is 1. The van der Waals surface area contributed by atoms with Crippen molar-refractivity contribution in [3.63, 3.8) is 0 Å². The van der Waals surface area contributed by atoms with E-state index in [9.17, 15) is 4.39 Å². The van der Waals surface area contributed by atoms with Gasteiger partial charge in [-0.05, 0) is 38.1 Å². The van der Waals surface area contributed by atoms with Gasteiger partial charge in [-0.3, -0.25) is 0 Å². The second-order valence-electron chi connectivity index (χ2n) is 5.76. The van der Waals surface area contributed by atoms with E-state index in [0.717, 1.165) is 29.0 Å². The third-order valence-corrected chi connectivity index (χ3v) is 3.97. The molecule has 0 amide bonds. The van der Waals surface area contributed by atoms with Gasteiger partial charge in [-0.2, -0.15) is 5.26 Å². The Hall–Kier alpha value is -2.74. The summed E-state index contributed by atoms with van der Waals surface area (Å²) < 4.78 is 25.2. The van der Waals surface area contributed by atoms with E-state index < -0.39 is 5.82 Å². The standard InChI is InChI=1S/C19H19FN2O2/c1-3-23-18-8-13-7-12(2)24-19(13)9-14(18)11-22-17-6-4-5-16(20)15(17)10-21/h4-6,8-9,12,22H,3,7,11H2,1-2H3/t12-/m1/s1. The largest absolute Gasteiger partial charge is 0.494 e. The molecular formula is C19H19FN2O2. The number of hydrogen-bond donors (Lipinski definition) is 1. The molecule has 0 saturated carbocycles. The van der Waals surface area contributed by atoms with Crippen LogP contribution in [0.4, 0.5) is 10.1 Å². The third-order valence-electron chi connectivity index (χ3n) is 3.97. The molecule has 1 aliphatic rings. The van der Waals surface area contributed by atoms with E-state index >= 15 is 0 Å². The number of fused-ring (bicyclic) bond motifs is 1. The topological polar surface area (TPSA) is 54.3 Å². The molecule has 3 rings (SSSR count). The van der Waals surface area contributed by atoms with Gasteiger partial charge in [0.2, 0.25) is 0 Å². The van der Waals surface area contributed by atoms with Crippen molar-refractivity contribution >= 4 is 5.69 Å². The Morgan fingerprint density at radius 1 is 1.42 bits per heavy atom. The van der Waals surface area contributed by atoms with Crippen molar-refractivity contribution < 1.29 is 13.9 Å². The second-order valence-corrected chi connectivity index (χ2v) is 5.76. The third kappa shape index (κ3) is 3.13.